The molecule has 11 atom stereocenters. The maximum absolute atomic E-state index is 3.94. The van der Waals surface area contributed by atoms with E-state index in [4.69, 9.17) is 0 Å². The summed E-state index contributed by atoms with van der Waals surface area (Å²) < 4.78 is 0. The molecule has 4 saturated carbocycles. The molecule has 5 aliphatic rings. The SMILES string of the molecule is C[C@H]1CC[C@H]([C@@H](C)[C@@H]2CC[C@@H]3[C@@H](C[C@H]4[C@H]3CC[C@H]3CCCC[C@@]34C)[C@H]2C)NC1. The van der Waals surface area contributed by atoms with Crippen molar-refractivity contribution in [2.45, 2.75) is 104 Å². The van der Waals surface area contributed by atoms with E-state index in [-0.39, 0.29) is 0 Å². The first-order valence-electron chi connectivity index (χ1n) is 13.2. The minimum absolute atomic E-state index is 0.709. The molecule has 0 radical (unpaired) electrons. The van der Waals surface area contributed by atoms with Gasteiger partial charge in [-0.2, -0.15) is 0 Å². The number of fused-ring (bicyclic) bond motifs is 5. The van der Waals surface area contributed by atoms with Gasteiger partial charge in [0.2, 0.25) is 0 Å². The average molecular weight is 386 g/mol. The molecule has 1 N–H and O–H groups in total. The van der Waals surface area contributed by atoms with Crippen LogP contribution in [0.3, 0.4) is 0 Å². The lowest BCUT2D eigenvalue weighted by Gasteiger charge is -2.53. The summed E-state index contributed by atoms with van der Waals surface area (Å²) in [5, 5.41) is 3.94. The van der Waals surface area contributed by atoms with Gasteiger partial charge in [-0.25, -0.2) is 0 Å². The molecule has 1 saturated heterocycles. The van der Waals surface area contributed by atoms with Crippen LogP contribution in [0.2, 0.25) is 0 Å². The highest BCUT2D eigenvalue weighted by Gasteiger charge is 2.58. The van der Waals surface area contributed by atoms with Crippen LogP contribution in [0.15, 0.2) is 0 Å². The first-order valence-corrected chi connectivity index (χ1v) is 13.2. The predicted octanol–water partition coefficient (Wildman–Crippen LogP) is 6.92. The summed E-state index contributed by atoms with van der Waals surface area (Å²) in [6.45, 7) is 11.7. The maximum atomic E-state index is 3.94. The van der Waals surface area contributed by atoms with Crippen molar-refractivity contribution in [2.75, 3.05) is 6.54 Å². The number of piperidine rings is 1. The Kier molecular flexibility index (Phi) is 5.39. The Balaban J connectivity index is 1.30. The molecular weight excluding hydrogens is 338 g/mol. The molecule has 5 fully saturated rings. The van der Waals surface area contributed by atoms with Gasteiger partial charge in [-0.15, -0.1) is 0 Å². The summed E-state index contributed by atoms with van der Waals surface area (Å²) in [6, 6.07) is 0.795. The van der Waals surface area contributed by atoms with Gasteiger partial charge in [0.05, 0.1) is 0 Å². The van der Waals surface area contributed by atoms with Crippen LogP contribution in [-0.4, -0.2) is 12.6 Å². The van der Waals surface area contributed by atoms with Crippen molar-refractivity contribution in [3.63, 3.8) is 0 Å². The fourth-order valence-electron chi connectivity index (χ4n) is 9.73. The third-order valence-corrected chi connectivity index (χ3v) is 11.5. The zero-order valence-corrected chi connectivity index (χ0v) is 19.3. The first kappa shape index (κ1) is 19.9. The van der Waals surface area contributed by atoms with Gasteiger partial charge < -0.3 is 5.32 Å². The van der Waals surface area contributed by atoms with Crippen molar-refractivity contribution in [3.8, 4) is 0 Å². The van der Waals surface area contributed by atoms with Gasteiger partial charge in [-0.05, 0) is 123 Å². The Morgan fingerprint density at radius 2 is 1.68 bits per heavy atom. The lowest BCUT2D eigenvalue weighted by molar-refractivity contribution is -0.0315. The third kappa shape index (κ3) is 3.12. The molecule has 0 amide bonds. The lowest BCUT2D eigenvalue weighted by atomic mass is 9.52. The second-order valence-electron chi connectivity index (χ2n) is 12.5. The quantitative estimate of drug-likeness (QED) is 0.544. The minimum Gasteiger partial charge on any atom is -0.313 e. The summed E-state index contributed by atoms with van der Waals surface area (Å²) in [5.41, 5.74) is 0.709. The fraction of sp³-hybridized carbons (Fsp3) is 1.00. The molecular formula is C27H47N. The molecule has 1 aliphatic heterocycles. The van der Waals surface area contributed by atoms with Crippen molar-refractivity contribution in [1.82, 2.24) is 5.32 Å². The van der Waals surface area contributed by atoms with Crippen molar-refractivity contribution in [3.05, 3.63) is 0 Å². The topological polar surface area (TPSA) is 12.0 Å². The van der Waals surface area contributed by atoms with Gasteiger partial charge in [0.15, 0.2) is 0 Å². The van der Waals surface area contributed by atoms with E-state index in [0.717, 1.165) is 59.3 Å². The maximum Gasteiger partial charge on any atom is 0.00956 e. The van der Waals surface area contributed by atoms with Crippen LogP contribution in [0.5, 0.6) is 0 Å². The van der Waals surface area contributed by atoms with E-state index in [1.54, 1.807) is 38.5 Å². The molecule has 4 aliphatic carbocycles. The van der Waals surface area contributed by atoms with Crippen LogP contribution < -0.4 is 5.32 Å². The molecule has 0 unspecified atom stereocenters. The summed E-state index contributed by atoms with van der Waals surface area (Å²) in [6.07, 6.45) is 16.9. The highest BCUT2D eigenvalue weighted by molar-refractivity contribution is 5.07. The van der Waals surface area contributed by atoms with Crippen molar-refractivity contribution in [2.24, 2.45) is 58.7 Å². The molecule has 0 aromatic carbocycles. The van der Waals surface area contributed by atoms with E-state index >= 15 is 0 Å². The van der Waals surface area contributed by atoms with Gasteiger partial charge in [0.25, 0.3) is 0 Å². The molecule has 0 aromatic rings. The summed E-state index contributed by atoms with van der Waals surface area (Å²) in [5.74, 6) is 9.08. The van der Waals surface area contributed by atoms with E-state index in [1.807, 2.05) is 0 Å². The van der Waals surface area contributed by atoms with E-state index in [1.165, 1.54) is 38.6 Å². The highest BCUT2D eigenvalue weighted by Crippen LogP contribution is 2.66. The Labute approximate surface area is 175 Å². The highest BCUT2D eigenvalue weighted by atomic mass is 14.9. The van der Waals surface area contributed by atoms with Gasteiger partial charge in [0.1, 0.15) is 0 Å². The molecule has 0 aromatic heterocycles. The zero-order valence-electron chi connectivity index (χ0n) is 19.3. The number of nitrogens with one attached hydrogen (secondary N) is 1. The first-order chi connectivity index (χ1) is 13.5. The number of rotatable bonds is 2. The Hall–Kier alpha value is -0.0400. The Morgan fingerprint density at radius 1 is 0.857 bits per heavy atom. The Morgan fingerprint density at radius 3 is 2.46 bits per heavy atom. The van der Waals surface area contributed by atoms with Gasteiger partial charge in [-0.1, -0.05) is 40.5 Å². The number of hydrogen-bond donors (Lipinski definition) is 1. The number of hydrogen-bond acceptors (Lipinski definition) is 1. The average Bonchev–Trinajstić information content (AvgIpc) is 3.09. The summed E-state index contributed by atoms with van der Waals surface area (Å²) in [7, 11) is 0. The molecule has 28 heavy (non-hydrogen) atoms. The van der Waals surface area contributed by atoms with Crippen LogP contribution in [-0.2, 0) is 0 Å². The summed E-state index contributed by atoms with van der Waals surface area (Å²) >= 11 is 0. The fourth-order valence-corrected chi connectivity index (χ4v) is 9.73. The van der Waals surface area contributed by atoms with Crippen LogP contribution >= 0.6 is 0 Å². The van der Waals surface area contributed by atoms with Gasteiger partial charge in [0, 0.05) is 6.04 Å². The van der Waals surface area contributed by atoms with Crippen LogP contribution in [0, 0.1) is 58.7 Å². The predicted molar refractivity (Wildman–Crippen MR) is 119 cm³/mol. The molecule has 0 bridgehead atoms. The smallest absolute Gasteiger partial charge is 0.00956 e. The summed E-state index contributed by atoms with van der Waals surface area (Å²) in [4.78, 5) is 0. The zero-order chi connectivity index (χ0) is 19.5. The van der Waals surface area contributed by atoms with Crippen molar-refractivity contribution < 1.29 is 0 Å². The van der Waals surface area contributed by atoms with Crippen LogP contribution in [0.1, 0.15) is 98.3 Å². The van der Waals surface area contributed by atoms with Crippen LogP contribution in [0.4, 0.5) is 0 Å². The molecule has 0 spiro atoms. The normalized spacial score (nSPS) is 55.1. The molecule has 5 rings (SSSR count). The molecule has 1 heterocycles. The van der Waals surface area contributed by atoms with E-state index in [0.29, 0.717) is 5.41 Å². The second kappa shape index (κ2) is 7.58. The van der Waals surface area contributed by atoms with E-state index < -0.39 is 0 Å². The van der Waals surface area contributed by atoms with Crippen LogP contribution in [0.25, 0.3) is 0 Å². The van der Waals surface area contributed by atoms with E-state index in [2.05, 4.69) is 33.0 Å². The van der Waals surface area contributed by atoms with Gasteiger partial charge >= 0.3 is 0 Å². The molecule has 160 valence electrons. The third-order valence-electron chi connectivity index (χ3n) is 11.5. The monoisotopic (exact) mass is 385 g/mol. The lowest BCUT2D eigenvalue weighted by Crippen LogP contribution is -2.47. The van der Waals surface area contributed by atoms with Gasteiger partial charge in [-0.3, -0.25) is 0 Å². The Bertz CT molecular complexity index is 548. The molecule has 1 heteroatoms. The van der Waals surface area contributed by atoms with Crippen molar-refractivity contribution >= 4 is 0 Å². The molecule has 1 nitrogen and oxygen atoms in total. The largest absolute Gasteiger partial charge is 0.313 e. The van der Waals surface area contributed by atoms with E-state index in [9.17, 15) is 0 Å². The van der Waals surface area contributed by atoms with Crippen molar-refractivity contribution in [1.29, 1.82) is 0 Å². The minimum atomic E-state index is 0.709. The second-order valence-corrected chi connectivity index (χ2v) is 12.5. The standard InChI is InChI=1S/C27H47N/c1-17-8-13-26(28-16-17)19(3)21-11-12-22-23-10-9-20-7-5-6-14-27(20,4)25(23)15-24(22)18(21)2/h17-26,28H,5-16H2,1-4H3/t17-,18-,19-,20+,21+,22-,23-,24-,25-,26+,27-/m0/s1.